The number of unbranched alkanes of at least 4 members (excludes halogenated alkanes) is 1. The molecule has 18 heavy (non-hydrogen) atoms. The number of hydrogen-bond acceptors (Lipinski definition) is 5. The third-order valence-corrected chi connectivity index (χ3v) is 3.33. The van der Waals surface area contributed by atoms with Gasteiger partial charge in [-0.25, -0.2) is 4.98 Å². The molecule has 0 saturated carbocycles. The fraction of sp³-hybridized carbons (Fsp3) is 0.692. The van der Waals surface area contributed by atoms with Gasteiger partial charge in [0.15, 0.2) is 0 Å². The number of rotatable bonds is 6. The predicted octanol–water partition coefficient (Wildman–Crippen LogP) is 1.74. The number of aromatic nitrogens is 2. The maximum atomic E-state index is 5.52. The quantitative estimate of drug-likeness (QED) is 0.752. The Morgan fingerprint density at radius 1 is 1.22 bits per heavy atom. The highest BCUT2D eigenvalue weighted by atomic mass is 15.1. The van der Waals surface area contributed by atoms with Crippen LogP contribution in [0.5, 0.6) is 0 Å². The van der Waals surface area contributed by atoms with Crippen LogP contribution >= 0.6 is 0 Å². The van der Waals surface area contributed by atoms with Crippen LogP contribution < -0.4 is 11.1 Å². The number of likely N-dealkylation sites (tertiary alicyclic amines) is 1. The Morgan fingerprint density at radius 2 is 2.06 bits per heavy atom. The van der Waals surface area contributed by atoms with E-state index < -0.39 is 0 Å². The molecule has 1 aromatic heterocycles. The minimum absolute atomic E-state index is 0.327. The Labute approximate surface area is 109 Å². The first kappa shape index (κ1) is 13.1. The van der Waals surface area contributed by atoms with E-state index in [1.165, 1.54) is 51.7 Å². The van der Waals surface area contributed by atoms with E-state index in [1.807, 2.05) is 6.07 Å². The van der Waals surface area contributed by atoms with Crippen molar-refractivity contribution in [2.45, 2.75) is 32.1 Å². The molecule has 0 aromatic carbocycles. The van der Waals surface area contributed by atoms with Gasteiger partial charge in [0.25, 0.3) is 0 Å². The van der Waals surface area contributed by atoms with Crippen LogP contribution in [0, 0.1) is 0 Å². The maximum absolute atomic E-state index is 5.52. The van der Waals surface area contributed by atoms with Crippen molar-refractivity contribution in [2.24, 2.45) is 0 Å². The predicted molar refractivity (Wildman–Crippen MR) is 74.5 cm³/mol. The molecule has 1 aliphatic heterocycles. The highest BCUT2D eigenvalue weighted by Gasteiger charge is 2.08. The van der Waals surface area contributed by atoms with Crippen molar-refractivity contribution in [1.29, 1.82) is 0 Å². The molecule has 3 N–H and O–H groups in total. The van der Waals surface area contributed by atoms with E-state index in [0.29, 0.717) is 5.95 Å². The monoisotopic (exact) mass is 249 g/mol. The van der Waals surface area contributed by atoms with E-state index in [4.69, 9.17) is 5.73 Å². The Kier molecular flexibility index (Phi) is 5.20. The first-order chi connectivity index (χ1) is 8.84. The largest absolute Gasteiger partial charge is 0.370 e. The second-order valence-corrected chi connectivity index (χ2v) is 4.84. The number of nitrogens with one attached hydrogen (secondary N) is 1. The van der Waals surface area contributed by atoms with Crippen molar-refractivity contribution in [1.82, 2.24) is 14.9 Å². The summed E-state index contributed by atoms with van der Waals surface area (Å²) in [6.07, 6.45) is 8.25. The van der Waals surface area contributed by atoms with E-state index in [-0.39, 0.29) is 0 Å². The number of anilines is 2. The zero-order chi connectivity index (χ0) is 12.6. The lowest BCUT2D eigenvalue weighted by Crippen LogP contribution is -2.30. The molecule has 1 aromatic rings. The lowest BCUT2D eigenvalue weighted by molar-refractivity contribution is 0.225. The molecule has 1 fully saturated rings. The van der Waals surface area contributed by atoms with E-state index >= 15 is 0 Å². The minimum Gasteiger partial charge on any atom is -0.370 e. The lowest BCUT2D eigenvalue weighted by Gasteiger charge is -2.26. The molecule has 0 bridgehead atoms. The molecule has 0 atom stereocenters. The van der Waals surface area contributed by atoms with Crippen LogP contribution in [0.15, 0.2) is 12.3 Å². The van der Waals surface area contributed by atoms with Crippen LogP contribution in [-0.4, -0.2) is 41.0 Å². The van der Waals surface area contributed by atoms with Gasteiger partial charge in [-0.15, -0.1) is 0 Å². The number of nitrogens with zero attached hydrogens (tertiary/aromatic N) is 3. The van der Waals surface area contributed by atoms with Gasteiger partial charge in [0.1, 0.15) is 5.82 Å². The molecule has 0 aliphatic carbocycles. The second kappa shape index (κ2) is 7.16. The van der Waals surface area contributed by atoms with Crippen molar-refractivity contribution >= 4 is 11.8 Å². The van der Waals surface area contributed by atoms with Gasteiger partial charge in [-0.1, -0.05) is 6.42 Å². The summed E-state index contributed by atoms with van der Waals surface area (Å²) in [6, 6.07) is 1.85. The van der Waals surface area contributed by atoms with Crippen LogP contribution in [0.3, 0.4) is 0 Å². The van der Waals surface area contributed by atoms with Crippen LogP contribution in [0.1, 0.15) is 32.1 Å². The second-order valence-electron chi connectivity index (χ2n) is 4.84. The van der Waals surface area contributed by atoms with Gasteiger partial charge in [-0.05, 0) is 51.4 Å². The Hall–Kier alpha value is -1.36. The normalized spacial score (nSPS) is 16.7. The standard InChI is InChI=1S/C13H23N5/c14-13-16-8-6-12(17-13)15-7-2-5-11-18-9-3-1-4-10-18/h6,8H,1-5,7,9-11H2,(H3,14,15,16,17). The fourth-order valence-electron chi connectivity index (χ4n) is 2.33. The van der Waals surface area contributed by atoms with Gasteiger partial charge in [-0.3, -0.25) is 0 Å². The number of nitrogen functional groups attached to an aromatic ring is 1. The fourth-order valence-corrected chi connectivity index (χ4v) is 2.33. The summed E-state index contributed by atoms with van der Waals surface area (Å²) >= 11 is 0. The van der Waals surface area contributed by atoms with Gasteiger partial charge in [0.05, 0.1) is 0 Å². The first-order valence-corrected chi connectivity index (χ1v) is 6.89. The summed E-state index contributed by atoms with van der Waals surface area (Å²) in [6.45, 7) is 4.75. The van der Waals surface area contributed by atoms with Crippen molar-refractivity contribution < 1.29 is 0 Å². The SMILES string of the molecule is Nc1nccc(NCCCCN2CCCCC2)n1. The third kappa shape index (κ3) is 4.49. The highest BCUT2D eigenvalue weighted by molar-refractivity contribution is 5.36. The molecule has 0 unspecified atom stereocenters. The van der Waals surface area contributed by atoms with Crippen molar-refractivity contribution in [3.05, 3.63) is 12.3 Å². The lowest BCUT2D eigenvalue weighted by atomic mass is 10.1. The molecule has 0 amide bonds. The molecule has 1 saturated heterocycles. The summed E-state index contributed by atoms with van der Waals surface area (Å²) < 4.78 is 0. The van der Waals surface area contributed by atoms with Crippen molar-refractivity contribution in [3.63, 3.8) is 0 Å². The molecular weight excluding hydrogens is 226 g/mol. The number of nitrogens with two attached hydrogens (primary N) is 1. The van der Waals surface area contributed by atoms with Gasteiger partial charge in [-0.2, -0.15) is 4.98 Å². The summed E-state index contributed by atoms with van der Waals surface area (Å²) in [5.41, 5.74) is 5.52. The van der Waals surface area contributed by atoms with Crippen LogP contribution in [0.25, 0.3) is 0 Å². The molecule has 2 rings (SSSR count). The van der Waals surface area contributed by atoms with Gasteiger partial charge >= 0.3 is 0 Å². The van der Waals surface area contributed by atoms with E-state index in [9.17, 15) is 0 Å². The minimum atomic E-state index is 0.327. The van der Waals surface area contributed by atoms with Gasteiger partial charge < -0.3 is 16.0 Å². The van der Waals surface area contributed by atoms with E-state index in [0.717, 1.165) is 12.4 Å². The molecule has 0 radical (unpaired) electrons. The molecule has 1 aliphatic rings. The summed E-state index contributed by atoms with van der Waals surface area (Å²) in [5, 5.41) is 3.27. The average molecular weight is 249 g/mol. The Morgan fingerprint density at radius 3 is 2.83 bits per heavy atom. The van der Waals surface area contributed by atoms with E-state index in [2.05, 4.69) is 20.2 Å². The zero-order valence-corrected chi connectivity index (χ0v) is 10.9. The van der Waals surface area contributed by atoms with Crippen molar-refractivity contribution in [3.8, 4) is 0 Å². The molecule has 5 heteroatoms. The van der Waals surface area contributed by atoms with Gasteiger partial charge in [0, 0.05) is 12.7 Å². The summed E-state index contributed by atoms with van der Waals surface area (Å²) in [7, 11) is 0. The third-order valence-electron chi connectivity index (χ3n) is 3.33. The topological polar surface area (TPSA) is 67.1 Å². The Balaban J connectivity index is 1.55. The van der Waals surface area contributed by atoms with Crippen molar-refractivity contribution in [2.75, 3.05) is 37.2 Å². The first-order valence-electron chi connectivity index (χ1n) is 6.89. The molecule has 2 heterocycles. The van der Waals surface area contributed by atoms with Gasteiger partial charge in [0.2, 0.25) is 5.95 Å². The van der Waals surface area contributed by atoms with Crippen LogP contribution in [0.2, 0.25) is 0 Å². The van der Waals surface area contributed by atoms with Crippen LogP contribution in [0.4, 0.5) is 11.8 Å². The number of piperidine rings is 1. The Bertz CT molecular complexity index is 349. The molecule has 5 nitrogen and oxygen atoms in total. The van der Waals surface area contributed by atoms with Crippen LogP contribution in [-0.2, 0) is 0 Å². The molecule has 0 spiro atoms. The summed E-state index contributed by atoms with van der Waals surface area (Å²) in [4.78, 5) is 10.5. The zero-order valence-electron chi connectivity index (χ0n) is 10.9. The number of hydrogen-bond donors (Lipinski definition) is 2. The van der Waals surface area contributed by atoms with E-state index in [1.54, 1.807) is 6.20 Å². The highest BCUT2D eigenvalue weighted by Crippen LogP contribution is 2.09. The smallest absolute Gasteiger partial charge is 0.221 e. The maximum Gasteiger partial charge on any atom is 0.221 e. The molecular formula is C13H23N5. The average Bonchev–Trinajstić information content (AvgIpc) is 2.40. The summed E-state index contributed by atoms with van der Waals surface area (Å²) in [5.74, 6) is 1.15. The molecule has 100 valence electrons.